The summed E-state index contributed by atoms with van der Waals surface area (Å²) in [5, 5.41) is 7.25. The molecule has 1 amide bonds. The van der Waals surface area contributed by atoms with E-state index in [9.17, 15) is 4.79 Å². The number of carbonyl (C=O) groups is 1. The van der Waals surface area contributed by atoms with Crippen molar-refractivity contribution in [2.45, 2.75) is 25.9 Å². The maximum Gasteiger partial charge on any atom is 0.271 e. The molecule has 1 atom stereocenters. The highest BCUT2D eigenvalue weighted by atomic mass is 16.5. The number of carbonyl (C=O) groups excluding carboxylic acids is 1. The number of hydrogen-bond donors (Lipinski definition) is 1. The van der Waals surface area contributed by atoms with Crippen LogP contribution in [-0.2, 0) is 11.8 Å². The molecule has 1 aromatic heterocycles. The Kier molecular flexibility index (Phi) is 4.85. The van der Waals surface area contributed by atoms with Crippen LogP contribution in [0.5, 0.6) is 5.75 Å². The van der Waals surface area contributed by atoms with Crippen LogP contribution < -0.4 is 10.1 Å². The van der Waals surface area contributed by atoms with Gasteiger partial charge < -0.3 is 14.8 Å². The van der Waals surface area contributed by atoms with Crippen LogP contribution in [0.3, 0.4) is 0 Å². The van der Waals surface area contributed by atoms with Crippen molar-refractivity contribution >= 4 is 5.91 Å². The third kappa shape index (κ3) is 3.43. The van der Waals surface area contributed by atoms with Gasteiger partial charge in [0.25, 0.3) is 5.91 Å². The first-order chi connectivity index (χ1) is 11.6. The fraction of sp³-hybridized carbons (Fsp3) is 0.444. The molecule has 1 saturated heterocycles. The fourth-order valence-corrected chi connectivity index (χ4v) is 2.95. The van der Waals surface area contributed by atoms with Gasteiger partial charge in [-0.25, -0.2) is 0 Å². The molecule has 128 valence electrons. The maximum absolute atomic E-state index is 12.3. The summed E-state index contributed by atoms with van der Waals surface area (Å²) in [5.74, 6) is 0.578. The highest BCUT2D eigenvalue weighted by Crippen LogP contribution is 2.31. The predicted octanol–water partition coefficient (Wildman–Crippen LogP) is 2.31. The number of aromatic nitrogens is 2. The molecule has 6 heteroatoms. The van der Waals surface area contributed by atoms with Crippen LogP contribution in [0.15, 0.2) is 24.3 Å². The van der Waals surface area contributed by atoms with E-state index in [1.807, 2.05) is 32.2 Å². The average Bonchev–Trinajstić information content (AvgIpc) is 3.22. The number of ether oxygens (including phenoxy) is 2. The van der Waals surface area contributed by atoms with Gasteiger partial charge in [-0.1, -0.05) is 11.6 Å². The SMILES string of the molecule is COc1ccc(C)cc1-c1cc(C(=O)NCC2CCCO2)nn1C. The molecule has 6 nitrogen and oxygen atoms in total. The van der Waals surface area contributed by atoms with Gasteiger partial charge in [0, 0.05) is 25.8 Å². The van der Waals surface area contributed by atoms with E-state index in [0.717, 1.165) is 42.0 Å². The molecule has 1 aliphatic rings. The number of aryl methyl sites for hydroxylation is 2. The summed E-state index contributed by atoms with van der Waals surface area (Å²) in [6.45, 7) is 3.33. The Bertz CT molecular complexity index is 733. The van der Waals surface area contributed by atoms with Gasteiger partial charge in [0.1, 0.15) is 5.75 Å². The zero-order valence-corrected chi connectivity index (χ0v) is 14.3. The van der Waals surface area contributed by atoms with Gasteiger partial charge in [-0.3, -0.25) is 9.48 Å². The van der Waals surface area contributed by atoms with Crippen LogP contribution in [0, 0.1) is 6.92 Å². The van der Waals surface area contributed by atoms with Crippen molar-refractivity contribution in [1.82, 2.24) is 15.1 Å². The molecular formula is C18H23N3O3. The lowest BCUT2D eigenvalue weighted by atomic mass is 10.1. The Balaban J connectivity index is 1.79. The molecule has 0 aliphatic carbocycles. The molecule has 2 aromatic rings. The molecule has 1 aromatic carbocycles. The lowest BCUT2D eigenvalue weighted by Gasteiger charge is -2.09. The van der Waals surface area contributed by atoms with Gasteiger partial charge in [0.05, 0.1) is 18.9 Å². The minimum Gasteiger partial charge on any atom is -0.496 e. The molecule has 1 aliphatic heterocycles. The molecule has 1 N–H and O–H groups in total. The second kappa shape index (κ2) is 7.05. The first-order valence-electron chi connectivity index (χ1n) is 8.17. The van der Waals surface area contributed by atoms with E-state index in [2.05, 4.69) is 10.4 Å². The molecule has 2 heterocycles. The van der Waals surface area contributed by atoms with Crippen LogP contribution in [0.25, 0.3) is 11.3 Å². The first-order valence-corrected chi connectivity index (χ1v) is 8.17. The Morgan fingerprint density at radius 1 is 1.46 bits per heavy atom. The summed E-state index contributed by atoms with van der Waals surface area (Å²) in [7, 11) is 3.47. The maximum atomic E-state index is 12.3. The van der Waals surface area contributed by atoms with Crippen LogP contribution in [0.2, 0.25) is 0 Å². The van der Waals surface area contributed by atoms with Gasteiger partial charge in [-0.2, -0.15) is 5.10 Å². The van der Waals surface area contributed by atoms with Crippen molar-refractivity contribution in [3.8, 4) is 17.0 Å². The molecule has 0 saturated carbocycles. The number of nitrogens with one attached hydrogen (secondary N) is 1. The number of nitrogens with zero attached hydrogens (tertiary/aromatic N) is 2. The lowest BCUT2D eigenvalue weighted by Crippen LogP contribution is -2.32. The monoisotopic (exact) mass is 329 g/mol. The van der Waals surface area contributed by atoms with Gasteiger partial charge in [0.15, 0.2) is 5.69 Å². The number of amides is 1. The molecule has 0 bridgehead atoms. The van der Waals surface area contributed by atoms with Crippen LogP contribution in [0.1, 0.15) is 28.9 Å². The number of hydrogen-bond acceptors (Lipinski definition) is 4. The topological polar surface area (TPSA) is 65.4 Å². The van der Waals surface area contributed by atoms with E-state index >= 15 is 0 Å². The molecule has 0 radical (unpaired) electrons. The second-order valence-corrected chi connectivity index (χ2v) is 6.09. The van der Waals surface area contributed by atoms with E-state index in [1.165, 1.54) is 0 Å². The zero-order chi connectivity index (χ0) is 17.1. The largest absolute Gasteiger partial charge is 0.496 e. The highest BCUT2D eigenvalue weighted by Gasteiger charge is 2.19. The van der Waals surface area contributed by atoms with Crippen molar-refractivity contribution < 1.29 is 14.3 Å². The third-order valence-corrected chi connectivity index (χ3v) is 4.26. The predicted molar refractivity (Wildman–Crippen MR) is 91.2 cm³/mol. The van der Waals surface area contributed by atoms with Gasteiger partial charge in [-0.15, -0.1) is 0 Å². The fourth-order valence-electron chi connectivity index (χ4n) is 2.95. The summed E-state index contributed by atoms with van der Waals surface area (Å²) in [4.78, 5) is 12.3. The Hall–Kier alpha value is -2.34. The number of methoxy groups -OCH3 is 1. The Morgan fingerprint density at radius 2 is 2.29 bits per heavy atom. The number of rotatable bonds is 5. The molecule has 0 spiro atoms. The molecule has 3 rings (SSSR count). The first kappa shape index (κ1) is 16.5. The van der Waals surface area contributed by atoms with Crippen LogP contribution in [0.4, 0.5) is 0 Å². The zero-order valence-electron chi connectivity index (χ0n) is 14.3. The summed E-state index contributed by atoms with van der Waals surface area (Å²) in [5.41, 5.74) is 3.29. The lowest BCUT2D eigenvalue weighted by molar-refractivity contribution is 0.0853. The van der Waals surface area contributed by atoms with Crippen LogP contribution in [-0.4, -0.2) is 42.1 Å². The van der Waals surface area contributed by atoms with Crippen molar-refractivity contribution in [3.63, 3.8) is 0 Å². The van der Waals surface area contributed by atoms with Crippen molar-refractivity contribution in [3.05, 3.63) is 35.5 Å². The average molecular weight is 329 g/mol. The Morgan fingerprint density at radius 3 is 3.00 bits per heavy atom. The van der Waals surface area contributed by atoms with E-state index in [-0.39, 0.29) is 12.0 Å². The van der Waals surface area contributed by atoms with Gasteiger partial charge in [-0.05, 0) is 38.0 Å². The summed E-state index contributed by atoms with van der Waals surface area (Å²) in [6, 6.07) is 7.74. The summed E-state index contributed by atoms with van der Waals surface area (Å²) in [6.07, 6.45) is 2.17. The van der Waals surface area contributed by atoms with E-state index in [1.54, 1.807) is 17.9 Å². The molecule has 24 heavy (non-hydrogen) atoms. The Labute approximate surface area is 141 Å². The molecular weight excluding hydrogens is 306 g/mol. The smallest absolute Gasteiger partial charge is 0.271 e. The van der Waals surface area contributed by atoms with Crippen LogP contribution >= 0.6 is 0 Å². The van der Waals surface area contributed by atoms with E-state index in [4.69, 9.17) is 9.47 Å². The molecule has 1 unspecified atom stereocenters. The van der Waals surface area contributed by atoms with E-state index in [0.29, 0.717) is 12.2 Å². The third-order valence-electron chi connectivity index (χ3n) is 4.26. The second-order valence-electron chi connectivity index (χ2n) is 6.09. The summed E-state index contributed by atoms with van der Waals surface area (Å²) >= 11 is 0. The van der Waals surface area contributed by atoms with Crippen molar-refractivity contribution in [1.29, 1.82) is 0 Å². The minimum absolute atomic E-state index is 0.119. The van der Waals surface area contributed by atoms with E-state index < -0.39 is 0 Å². The van der Waals surface area contributed by atoms with Gasteiger partial charge >= 0.3 is 0 Å². The normalized spacial score (nSPS) is 17.0. The highest BCUT2D eigenvalue weighted by molar-refractivity contribution is 5.93. The standard InChI is InChI=1S/C18H23N3O3/c1-12-6-7-17(23-3)14(9-12)16-10-15(20-21(16)2)18(22)19-11-13-5-4-8-24-13/h6-7,9-10,13H,4-5,8,11H2,1-3H3,(H,19,22). The van der Waals surface area contributed by atoms with Crippen molar-refractivity contribution in [2.75, 3.05) is 20.3 Å². The summed E-state index contributed by atoms with van der Waals surface area (Å²) < 4.78 is 12.7. The number of benzene rings is 1. The van der Waals surface area contributed by atoms with Crippen molar-refractivity contribution in [2.24, 2.45) is 7.05 Å². The quantitative estimate of drug-likeness (QED) is 0.914. The minimum atomic E-state index is -0.182. The van der Waals surface area contributed by atoms with Gasteiger partial charge in [0.2, 0.25) is 0 Å². The molecule has 1 fully saturated rings.